The van der Waals surface area contributed by atoms with E-state index in [0.29, 0.717) is 16.6 Å². The Kier molecular flexibility index (Phi) is 3.78. The maximum absolute atomic E-state index is 11.4. The monoisotopic (exact) mass is 404 g/mol. The molecule has 0 saturated heterocycles. The van der Waals surface area contributed by atoms with Crippen LogP contribution in [-0.2, 0) is 0 Å². The Hall–Kier alpha value is -1.72. The molecule has 0 spiro atoms. The summed E-state index contributed by atoms with van der Waals surface area (Å²) in [4.78, 5) is 15.9. The summed E-state index contributed by atoms with van der Waals surface area (Å²) in [7, 11) is 0. The molecule has 0 aliphatic carbocycles. The first-order valence-electron chi connectivity index (χ1n) is 6.12. The van der Waals surface area contributed by atoms with Crippen LogP contribution in [-0.4, -0.2) is 11.0 Å². The minimum absolute atomic E-state index is 0.138. The molecule has 3 rings (SSSR count). The molecule has 3 aromatic rings. The fourth-order valence-electron chi connectivity index (χ4n) is 2.14. The fourth-order valence-corrected chi connectivity index (χ4v) is 2.76. The number of rotatable bonds is 2. The summed E-state index contributed by atoms with van der Waals surface area (Å²) in [6.45, 7) is 0. The number of carbonyl (C=O) groups excluding carboxylic acids is 1. The zero-order chi connectivity index (χ0) is 15.0. The molecule has 0 saturated carbocycles. The Bertz CT molecular complexity index is 845. The number of pyridine rings is 1. The molecule has 0 aliphatic heterocycles. The molecule has 0 atom stereocenters. The predicted molar refractivity (Wildman–Crippen MR) is 86.9 cm³/mol. The molecule has 0 N–H and O–H groups in total. The third kappa shape index (κ3) is 2.84. The smallest absolute Gasteiger partial charge is 0.0722 e. The summed E-state index contributed by atoms with van der Waals surface area (Å²) < 4.78 is 1.76. The molecule has 0 fully saturated rings. The molecule has 1 aromatic heterocycles. The molecule has 5 heteroatoms. The maximum atomic E-state index is 11.4. The van der Waals surface area contributed by atoms with Crippen LogP contribution in [0, 0.1) is 0 Å². The number of carboxylic acids is 1. The van der Waals surface area contributed by atoms with Crippen molar-refractivity contribution in [2.24, 2.45) is 0 Å². The predicted octanol–water partition coefficient (Wildman–Crippen LogP) is 3.79. The Labute approximate surface area is 137 Å². The van der Waals surface area contributed by atoms with Crippen LogP contribution in [0.4, 0.5) is 0 Å². The van der Waals surface area contributed by atoms with E-state index in [9.17, 15) is 9.90 Å². The van der Waals surface area contributed by atoms with Gasteiger partial charge >= 0.3 is 0 Å². The van der Waals surface area contributed by atoms with Gasteiger partial charge in [-0.1, -0.05) is 44.0 Å². The van der Waals surface area contributed by atoms with Gasteiger partial charge < -0.3 is 9.90 Å². The van der Waals surface area contributed by atoms with Crippen LogP contribution in [0.3, 0.4) is 0 Å². The van der Waals surface area contributed by atoms with Crippen LogP contribution in [0.25, 0.3) is 22.2 Å². The largest absolute Gasteiger partial charge is 0.545 e. The third-order valence-electron chi connectivity index (χ3n) is 3.13. The highest BCUT2D eigenvalue weighted by Gasteiger charge is 2.09. The van der Waals surface area contributed by atoms with Crippen LogP contribution < -0.4 is 5.11 Å². The number of fused-ring (bicyclic) bond motifs is 1. The van der Waals surface area contributed by atoms with E-state index >= 15 is 0 Å². The van der Waals surface area contributed by atoms with Crippen molar-refractivity contribution in [2.45, 2.75) is 0 Å². The molecule has 3 nitrogen and oxygen atoms in total. The van der Waals surface area contributed by atoms with Gasteiger partial charge in [-0.15, -0.1) is 0 Å². The van der Waals surface area contributed by atoms with Crippen LogP contribution in [0.2, 0.25) is 0 Å². The first kappa shape index (κ1) is 14.2. The second-order valence-electron chi connectivity index (χ2n) is 4.51. The number of aromatic carboxylic acids is 1. The zero-order valence-electron chi connectivity index (χ0n) is 10.6. The second-order valence-corrected chi connectivity index (χ2v) is 6.34. The van der Waals surface area contributed by atoms with E-state index in [2.05, 4.69) is 36.8 Å². The lowest BCUT2D eigenvalue weighted by Crippen LogP contribution is -2.22. The van der Waals surface area contributed by atoms with Crippen molar-refractivity contribution in [2.75, 3.05) is 0 Å². The third-order valence-corrected chi connectivity index (χ3v) is 4.15. The van der Waals surface area contributed by atoms with E-state index < -0.39 is 5.97 Å². The van der Waals surface area contributed by atoms with Crippen LogP contribution in [0.5, 0.6) is 0 Å². The van der Waals surface area contributed by atoms with Gasteiger partial charge in [0.05, 0.1) is 17.2 Å². The summed E-state index contributed by atoms with van der Waals surface area (Å²) in [6, 6.07) is 14.5. The van der Waals surface area contributed by atoms with Crippen molar-refractivity contribution in [1.29, 1.82) is 0 Å². The quantitative estimate of drug-likeness (QED) is 0.651. The first-order valence-corrected chi connectivity index (χ1v) is 7.71. The van der Waals surface area contributed by atoms with E-state index in [4.69, 9.17) is 0 Å². The van der Waals surface area contributed by atoms with Crippen molar-refractivity contribution < 1.29 is 9.90 Å². The zero-order valence-corrected chi connectivity index (χ0v) is 13.8. The van der Waals surface area contributed by atoms with Crippen molar-refractivity contribution in [3.63, 3.8) is 0 Å². The van der Waals surface area contributed by atoms with Gasteiger partial charge in [-0.3, -0.25) is 0 Å². The molecule has 0 radical (unpaired) electrons. The highest BCUT2D eigenvalue weighted by atomic mass is 79.9. The van der Waals surface area contributed by atoms with Gasteiger partial charge in [0.2, 0.25) is 0 Å². The topological polar surface area (TPSA) is 53.0 Å². The second kappa shape index (κ2) is 5.58. The van der Waals surface area contributed by atoms with Crippen molar-refractivity contribution in [1.82, 2.24) is 4.98 Å². The number of hydrogen-bond acceptors (Lipinski definition) is 3. The molecule has 1 heterocycles. The molecular weight excluding hydrogens is 398 g/mol. The summed E-state index contributed by atoms with van der Waals surface area (Å²) in [6.07, 6.45) is 0. The maximum Gasteiger partial charge on any atom is 0.0722 e. The summed E-state index contributed by atoms with van der Waals surface area (Å²) >= 11 is 6.71. The number of hydrogen-bond donors (Lipinski definition) is 0. The lowest BCUT2D eigenvalue weighted by Gasteiger charge is -2.11. The van der Waals surface area contributed by atoms with Crippen molar-refractivity contribution in [3.05, 3.63) is 63.0 Å². The van der Waals surface area contributed by atoms with Gasteiger partial charge in [0.25, 0.3) is 0 Å². The van der Waals surface area contributed by atoms with Crippen molar-refractivity contribution >= 4 is 48.7 Å². The average molecular weight is 406 g/mol. The number of carboxylic acid groups (broad SMARTS) is 1. The fraction of sp³-hybridized carbons (Fsp3) is 0. The van der Waals surface area contributed by atoms with Crippen LogP contribution >= 0.6 is 31.9 Å². The van der Waals surface area contributed by atoms with Crippen molar-refractivity contribution in [3.8, 4) is 11.3 Å². The molecule has 21 heavy (non-hydrogen) atoms. The van der Waals surface area contributed by atoms with Crippen LogP contribution in [0.15, 0.2) is 57.5 Å². The summed E-state index contributed by atoms with van der Waals surface area (Å²) in [5.41, 5.74) is 2.22. The van der Waals surface area contributed by atoms with Gasteiger partial charge in [-0.25, -0.2) is 4.98 Å². The lowest BCUT2D eigenvalue weighted by molar-refractivity contribution is -0.254. The van der Waals surface area contributed by atoms with Gasteiger partial charge in [-0.05, 0) is 36.4 Å². The standard InChI is InChI=1S/C16H9Br2NO2/c17-10-3-1-9(2-4-10)15-8-13(16(20)21)12-7-11(18)5-6-14(12)19-15/h1-8H,(H,20,21)/p-1. The molecular formula is C16H8Br2NO2-. The van der Waals surface area contributed by atoms with E-state index in [1.807, 2.05) is 30.3 Å². The molecule has 0 bridgehead atoms. The highest BCUT2D eigenvalue weighted by Crippen LogP contribution is 2.27. The Morgan fingerprint density at radius 1 is 0.952 bits per heavy atom. The normalized spacial score (nSPS) is 10.8. The number of halogens is 2. The Morgan fingerprint density at radius 3 is 2.29 bits per heavy atom. The summed E-state index contributed by atoms with van der Waals surface area (Å²) in [5.74, 6) is -1.21. The highest BCUT2D eigenvalue weighted by molar-refractivity contribution is 9.10. The van der Waals surface area contributed by atoms with Gasteiger partial charge in [0, 0.05) is 25.5 Å². The van der Waals surface area contributed by atoms with Gasteiger partial charge in [-0.2, -0.15) is 0 Å². The molecule has 104 valence electrons. The van der Waals surface area contributed by atoms with E-state index in [1.165, 1.54) is 0 Å². The Morgan fingerprint density at radius 2 is 1.62 bits per heavy atom. The lowest BCUT2D eigenvalue weighted by atomic mass is 10.0. The first-order chi connectivity index (χ1) is 10.0. The Balaban J connectivity index is 2.28. The van der Waals surface area contributed by atoms with E-state index in [0.717, 1.165) is 14.5 Å². The number of carbonyl (C=O) groups is 1. The number of benzene rings is 2. The van der Waals surface area contributed by atoms with Crippen LogP contribution in [0.1, 0.15) is 10.4 Å². The minimum atomic E-state index is -1.21. The molecule has 0 unspecified atom stereocenters. The van der Waals surface area contributed by atoms with Gasteiger partial charge in [0.15, 0.2) is 0 Å². The minimum Gasteiger partial charge on any atom is -0.545 e. The van der Waals surface area contributed by atoms with E-state index in [1.54, 1.807) is 18.2 Å². The summed E-state index contributed by atoms with van der Waals surface area (Å²) in [5, 5.41) is 12.0. The van der Waals surface area contributed by atoms with Gasteiger partial charge in [0.1, 0.15) is 0 Å². The molecule has 0 aliphatic rings. The SMILES string of the molecule is O=C([O-])c1cc(-c2ccc(Br)cc2)nc2ccc(Br)cc12. The molecule has 0 amide bonds. The molecule has 2 aromatic carbocycles. The van der Waals surface area contributed by atoms with E-state index in [-0.39, 0.29) is 5.56 Å². The number of nitrogens with zero attached hydrogens (tertiary/aromatic N) is 1. The number of aromatic nitrogens is 1. The average Bonchev–Trinajstić information content (AvgIpc) is 2.46.